The van der Waals surface area contributed by atoms with Crippen LogP contribution in [0, 0.1) is 5.92 Å². The van der Waals surface area contributed by atoms with Gasteiger partial charge in [0, 0.05) is 31.6 Å². The summed E-state index contributed by atoms with van der Waals surface area (Å²) >= 11 is 6.23. The molecule has 0 bridgehead atoms. The molecule has 0 saturated heterocycles. The van der Waals surface area contributed by atoms with Crippen LogP contribution in [0.15, 0.2) is 12.3 Å². The Labute approximate surface area is 103 Å². The summed E-state index contributed by atoms with van der Waals surface area (Å²) < 4.78 is 0. The smallest absolute Gasteiger partial charge is 0.224 e. The maximum atomic E-state index is 6.23. The van der Waals surface area contributed by atoms with E-state index in [0.29, 0.717) is 5.92 Å². The standard InChI is InChI=1S/C12H20ClN3/c1-8(2)11(9(3)13)10-6-7-14-12(15-10)16(4)5/h6-9,11H,1-5H3. The first-order chi connectivity index (χ1) is 7.43. The van der Waals surface area contributed by atoms with Gasteiger partial charge in [-0.15, -0.1) is 11.6 Å². The summed E-state index contributed by atoms with van der Waals surface area (Å²) in [6.07, 6.45) is 1.80. The second-order valence-corrected chi connectivity index (χ2v) is 5.31. The number of aromatic nitrogens is 2. The second-order valence-electron chi connectivity index (χ2n) is 4.62. The number of hydrogen-bond acceptors (Lipinski definition) is 3. The summed E-state index contributed by atoms with van der Waals surface area (Å²) in [6, 6.07) is 1.95. The van der Waals surface area contributed by atoms with Crippen LogP contribution in [0.25, 0.3) is 0 Å². The molecule has 0 aliphatic carbocycles. The molecule has 0 N–H and O–H groups in total. The lowest BCUT2D eigenvalue weighted by molar-refractivity contribution is 0.479. The molecule has 4 heteroatoms. The highest BCUT2D eigenvalue weighted by atomic mass is 35.5. The summed E-state index contributed by atoms with van der Waals surface area (Å²) in [4.78, 5) is 10.7. The van der Waals surface area contributed by atoms with E-state index in [1.165, 1.54) is 0 Å². The number of anilines is 1. The molecule has 2 atom stereocenters. The van der Waals surface area contributed by atoms with Gasteiger partial charge in [-0.3, -0.25) is 0 Å². The van der Waals surface area contributed by atoms with Crippen LogP contribution >= 0.6 is 11.6 Å². The van der Waals surface area contributed by atoms with Gasteiger partial charge in [0.15, 0.2) is 0 Å². The van der Waals surface area contributed by atoms with Crippen LogP contribution in [0.3, 0.4) is 0 Å². The molecule has 0 radical (unpaired) electrons. The summed E-state index contributed by atoms with van der Waals surface area (Å²) in [5, 5.41) is 0.0740. The minimum absolute atomic E-state index is 0.0740. The molecule has 1 aromatic rings. The van der Waals surface area contributed by atoms with E-state index in [-0.39, 0.29) is 11.3 Å². The van der Waals surface area contributed by atoms with Crippen molar-refractivity contribution in [2.45, 2.75) is 32.1 Å². The van der Waals surface area contributed by atoms with Gasteiger partial charge in [-0.05, 0) is 18.9 Å². The zero-order valence-electron chi connectivity index (χ0n) is 10.6. The molecule has 0 aromatic carbocycles. The Morgan fingerprint density at radius 3 is 2.31 bits per heavy atom. The minimum Gasteiger partial charge on any atom is -0.347 e. The van der Waals surface area contributed by atoms with E-state index in [4.69, 9.17) is 11.6 Å². The molecule has 0 spiro atoms. The number of rotatable bonds is 4. The van der Waals surface area contributed by atoms with Crippen LogP contribution in [0.2, 0.25) is 0 Å². The number of alkyl halides is 1. The van der Waals surface area contributed by atoms with Crippen molar-refractivity contribution in [3.05, 3.63) is 18.0 Å². The molecular weight excluding hydrogens is 222 g/mol. The van der Waals surface area contributed by atoms with Crippen molar-refractivity contribution in [1.29, 1.82) is 0 Å². The van der Waals surface area contributed by atoms with Crippen molar-refractivity contribution in [1.82, 2.24) is 9.97 Å². The first kappa shape index (κ1) is 13.2. The van der Waals surface area contributed by atoms with E-state index < -0.39 is 0 Å². The zero-order chi connectivity index (χ0) is 12.3. The third-order valence-corrected chi connectivity index (χ3v) is 2.89. The number of nitrogens with zero attached hydrogens (tertiary/aromatic N) is 3. The third-order valence-electron chi connectivity index (χ3n) is 2.62. The third kappa shape index (κ3) is 3.08. The maximum Gasteiger partial charge on any atom is 0.224 e. The summed E-state index contributed by atoms with van der Waals surface area (Å²) in [5.74, 6) is 1.47. The molecule has 1 rings (SSSR count). The Bertz CT molecular complexity index is 329. The predicted octanol–water partition coefficient (Wildman–Crippen LogP) is 2.91. The van der Waals surface area contributed by atoms with Crippen LogP contribution in [0.4, 0.5) is 5.95 Å². The van der Waals surface area contributed by atoms with Gasteiger partial charge in [0.2, 0.25) is 5.95 Å². The van der Waals surface area contributed by atoms with Crippen LogP contribution < -0.4 is 4.90 Å². The van der Waals surface area contributed by atoms with Crippen molar-refractivity contribution >= 4 is 17.5 Å². The highest BCUT2D eigenvalue weighted by Gasteiger charge is 2.23. The van der Waals surface area contributed by atoms with Gasteiger partial charge in [0.05, 0.1) is 5.69 Å². The molecule has 16 heavy (non-hydrogen) atoms. The van der Waals surface area contributed by atoms with E-state index in [1.807, 2.05) is 32.0 Å². The molecule has 1 heterocycles. The van der Waals surface area contributed by atoms with E-state index in [0.717, 1.165) is 11.6 Å². The average Bonchev–Trinajstić information content (AvgIpc) is 2.16. The molecule has 1 aromatic heterocycles. The lowest BCUT2D eigenvalue weighted by atomic mass is 9.89. The number of hydrogen-bond donors (Lipinski definition) is 0. The lowest BCUT2D eigenvalue weighted by Crippen LogP contribution is -2.20. The number of halogens is 1. The maximum absolute atomic E-state index is 6.23. The molecule has 3 nitrogen and oxygen atoms in total. The van der Waals surface area contributed by atoms with E-state index in [2.05, 4.69) is 23.8 Å². The van der Waals surface area contributed by atoms with Crippen LogP contribution in [-0.2, 0) is 0 Å². The minimum atomic E-state index is 0.0740. The molecule has 2 unspecified atom stereocenters. The van der Waals surface area contributed by atoms with Crippen molar-refractivity contribution in [3.63, 3.8) is 0 Å². The highest BCUT2D eigenvalue weighted by molar-refractivity contribution is 6.20. The van der Waals surface area contributed by atoms with Crippen LogP contribution in [0.5, 0.6) is 0 Å². The Morgan fingerprint density at radius 1 is 1.25 bits per heavy atom. The van der Waals surface area contributed by atoms with Crippen LogP contribution in [-0.4, -0.2) is 29.4 Å². The fraction of sp³-hybridized carbons (Fsp3) is 0.667. The summed E-state index contributed by atoms with van der Waals surface area (Å²) in [7, 11) is 3.88. The molecule has 0 aliphatic heterocycles. The van der Waals surface area contributed by atoms with Crippen molar-refractivity contribution in [2.75, 3.05) is 19.0 Å². The summed E-state index contributed by atoms with van der Waals surface area (Å²) in [5.41, 5.74) is 1.02. The predicted molar refractivity (Wildman–Crippen MR) is 69.3 cm³/mol. The monoisotopic (exact) mass is 241 g/mol. The topological polar surface area (TPSA) is 29.0 Å². The van der Waals surface area contributed by atoms with Gasteiger partial charge in [-0.1, -0.05) is 13.8 Å². The van der Waals surface area contributed by atoms with Gasteiger partial charge >= 0.3 is 0 Å². The average molecular weight is 242 g/mol. The molecular formula is C12H20ClN3. The second kappa shape index (κ2) is 5.48. The molecule has 0 amide bonds. The van der Waals surface area contributed by atoms with Crippen molar-refractivity contribution < 1.29 is 0 Å². The SMILES string of the molecule is CC(C)C(c1ccnc(N(C)C)n1)C(C)Cl. The fourth-order valence-electron chi connectivity index (χ4n) is 1.87. The molecule has 90 valence electrons. The van der Waals surface area contributed by atoms with Gasteiger partial charge in [-0.25, -0.2) is 9.97 Å². The van der Waals surface area contributed by atoms with Crippen molar-refractivity contribution in [2.24, 2.45) is 5.92 Å². The Balaban J connectivity index is 3.05. The normalized spacial score (nSPS) is 14.9. The zero-order valence-corrected chi connectivity index (χ0v) is 11.4. The van der Waals surface area contributed by atoms with E-state index in [9.17, 15) is 0 Å². The first-order valence-corrected chi connectivity index (χ1v) is 6.01. The van der Waals surface area contributed by atoms with Gasteiger partial charge in [-0.2, -0.15) is 0 Å². The molecule has 0 aliphatic rings. The largest absolute Gasteiger partial charge is 0.347 e. The van der Waals surface area contributed by atoms with Crippen molar-refractivity contribution in [3.8, 4) is 0 Å². The lowest BCUT2D eigenvalue weighted by Gasteiger charge is -2.23. The van der Waals surface area contributed by atoms with Gasteiger partial charge in [0.25, 0.3) is 0 Å². The molecule has 0 saturated carbocycles. The summed E-state index contributed by atoms with van der Waals surface area (Å²) in [6.45, 7) is 6.35. The van der Waals surface area contributed by atoms with E-state index >= 15 is 0 Å². The van der Waals surface area contributed by atoms with E-state index in [1.54, 1.807) is 6.20 Å². The first-order valence-electron chi connectivity index (χ1n) is 5.57. The fourth-order valence-corrected chi connectivity index (χ4v) is 2.29. The van der Waals surface area contributed by atoms with Gasteiger partial charge < -0.3 is 4.90 Å². The Kier molecular flexibility index (Phi) is 4.54. The quantitative estimate of drug-likeness (QED) is 0.759. The molecule has 0 fully saturated rings. The van der Waals surface area contributed by atoms with Crippen LogP contribution in [0.1, 0.15) is 32.4 Å². The highest BCUT2D eigenvalue weighted by Crippen LogP contribution is 2.30. The Morgan fingerprint density at radius 2 is 1.88 bits per heavy atom. The Hall–Kier alpha value is -0.830. The van der Waals surface area contributed by atoms with Gasteiger partial charge in [0.1, 0.15) is 0 Å².